The number of anilines is 1. The number of aromatic nitrogens is 3. The molecule has 31 heavy (non-hydrogen) atoms. The summed E-state index contributed by atoms with van der Waals surface area (Å²) in [5, 5.41) is 13.8. The average molecular weight is 425 g/mol. The summed E-state index contributed by atoms with van der Waals surface area (Å²) in [5.41, 5.74) is 0.145. The number of fused-ring (bicyclic) bond motifs is 1. The number of benzene rings is 1. The normalized spacial score (nSPS) is 11.1. The Morgan fingerprint density at radius 3 is 2.61 bits per heavy atom. The number of H-pyrrole nitrogens is 1. The van der Waals surface area contributed by atoms with Gasteiger partial charge in [0.2, 0.25) is 0 Å². The number of non-ortho nitro benzene ring substituents is 1. The van der Waals surface area contributed by atoms with Crippen molar-refractivity contribution < 1.29 is 9.72 Å². The summed E-state index contributed by atoms with van der Waals surface area (Å²) in [7, 11) is 0. The van der Waals surface area contributed by atoms with Gasteiger partial charge in [-0.15, -0.1) is 0 Å². The Hall–Kier alpha value is -3.82. The van der Waals surface area contributed by atoms with Crippen LogP contribution in [0.5, 0.6) is 0 Å². The molecule has 2 aromatic heterocycles. The second-order valence-electron chi connectivity index (χ2n) is 7.57. The topological polar surface area (TPSA) is 140 Å². The monoisotopic (exact) mass is 425 g/mol. The molecule has 0 saturated heterocycles. The third-order valence-corrected chi connectivity index (χ3v) is 4.93. The minimum atomic E-state index is -0.712. The number of aryl methyl sites for hydroxylation is 2. The van der Waals surface area contributed by atoms with E-state index in [9.17, 15) is 24.5 Å². The highest BCUT2D eigenvalue weighted by molar-refractivity contribution is 6.12. The molecule has 10 nitrogen and oxygen atoms in total. The van der Waals surface area contributed by atoms with Crippen LogP contribution in [-0.4, -0.2) is 25.4 Å². The van der Waals surface area contributed by atoms with E-state index in [1.54, 1.807) is 6.92 Å². The quantitative estimate of drug-likeness (QED) is 0.459. The molecule has 0 saturated carbocycles. The SMILES string of the molecule is CCCn1c(=O)[nH]c(=O)c2c(C(=O)Nc3cc([N+](=O)[O-])ccc3C)cc(C(C)C)nc21. The van der Waals surface area contributed by atoms with E-state index in [2.05, 4.69) is 15.3 Å². The molecule has 0 unspecified atom stereocenters. The lowest BCUT2D eigenvalue weighted by atomic mass is 10.0. The first-order valence-electron chi connectivity index (χ1n) is 9.88. The number of nitrogens with zero attached hydrogens (tertiary/aromatic N) is 3. The fourth-order valence-electron chi connectivity index (χ4n) is 3.25. The van der Waals surface area contributed by atoms with E-state index in [4.69, 9.17) is 0 Å². The van der Waals surface area contributed by atoms with Gasteiger partial charge >= 0.3 is 5.69 Å². The van der Waals surface area contributed by atoms with Crippen LogP contribution in [0.2, 0.25) is 0 Å². The molecular weight excluding hydrogens is 402 g/mol. The molecule has 0 spiro atoms. The second kappa shape index (κ2) is 8.50. The van der Waals surface area contributed by atoms with Crippen molar-refractivity contribution >= 4 is 28.3 Å². The predicted octanol–water partition coefficient (Wildman–Crippen LogP) is 3.09. The van der Waals surface area contributed by atoms with Gasteiger partial charge in [-0.25, -0.2) is 9.78 Å². The number of hydrogen-bond donors (Lipinski definition) is 2. The lowest BCUT2D eigenvalue weighted by Crippen LogP contribution is -2.32. The number of carbonyl (C=O) groups excluding carboxylic acids is 1. The maximum absolute atomic E-state index is 13.2. The van der Waals surface area contributed by atoms with Crippen LogP contribution >= 0.6 is 0 Å². The van der Waals surface area contributed by atoms with Gasteiger partial charge in [-0.2, -0.15) is 0 Å². The van der Waals surface area contributed by atoms with Crippen LogP contribution < -0.4 is 16.6 Å². The van der Waals surface area contributed by atoms with Gasteiger partial charge in [0, 0.05) is 24.4 Å². The Balaban J connectivity index is 2.24. The van der Waals surface area contributed by atoms with Crippen LogP contribution in [0.1, 0.15) is 54.7 Å². The molecule has 2 N–H and O–H groups in total. The molecule has 0 radical (unpaired) electrons. The molecule has 10 heteroatoms. The van der Waals surface area contributed by atoms with E-state index in [1.165, 1.54) is 28.8 Å². The summed E-state index contributed by atoms with van der Waals surface area (Å²) in [4.78, 5) is 55.5. The van der Waals surface area contributed by atoms with E-state index < -0.39 is 22.1 Å². The minimum absolute atomic E-state index is 0.00182. The van der Waals surface area contributed by atoms with Gasteiger partial charge in [-0.1, -0.05) is 26.8 Å². The number of carbonyl (C=O) groups is 1. The predicted molar refractivity (Wildman–Crippen MR) is 117 cm³/mol. The summed E-state index contributed by atoms with van der Waals surface area (Å²) < 4.78 is 1.35. The number of amides is 1. The summed E-state index contributed by atoms with van der Waals surface area (Å²) in [6.45, 7) is 7.68. The van der Waals surface area contributed by atoms with Crippen molar-refractivity contribution in [3.05, 3.63) is 72.0 Å². The fraction of sp³-hybridized carbons (Fsp3) is 0.333. The molecule has 2 heterocycles. The Morgan fingerprint density at radius 2 is 2.00 bits per heavy atom. The number of nitro groups is 1. The number of aromatic amines is 1. The van der Waals surface area contributed by atoms with Crippen molar-refractivity contribution in [2.75, 3.05) is 5.32 Å². The van der Waals surface area contributed by atoms with Gasteiger partial charge < -0.3 is 5.32 Å². The standard InChI is InChI=1S/C21H23N5O5/c1-5-8-25-18-17(20(28)24-21(25)29)14(10-15(22-18)11(2)3)19(27)23-16-9-13(26(30)31)7-6-12(16)4/h6-7,9-11H,5,8H2,1-4H3,(H,23,27)(H,24,28,29). The van der Waals surface area contributed by atoms with Crippen LogP contribution in [0.4, 0.5) is 11.4 Å². The summed E-state index contributed by atoms with van der Waals surface area (Å²) in [6, 6.07) is 5.66. The number of pyridine rings is 1. The van der Waals surface area contributed by atoms with Crippen molar-refractivity contribution in [3.8, 4) is 0 Å². The lowest BCUT2D eigenvalue weighted by molar-refractivity contribution is -0.384. The molecule has 3 rings (SSSR count). The van der Waals surface area contributed by atoms with E-state index in [0.29, 0.717) is 24.2 Å². The van der Waals surface area contributed by atoms with Gasteiger partial charge in [0.1, 0.15) is 0 Å². The Bertz CT molecular complexity index is 1310. The maximum atomic E-state index is 13.2. The van der Waals surface area contributed by atoms with Crippen molar-refractivity contribution in [1.29, 1.82) is 0 Å². The Kier molecular flexibility index (Phi) is 6.00. The van der Waals surface area contributed by atoms with Crippen molar-refractivity contribution in [1.82, 2.24) is 14.5 Å². The molecule has 0 aliphatic heterocycles. The largest absolute Gasteiger partial charge is 0.329 e. The number of nitrogens with one attached hydrogen (secondary N) is 2. The smallest absolute Gasteiger partial charge is 0.321 e. The molecule has 3 aromatic rings. The zero-order chi connectivity index (χ0) is 22.9. The van der Waals surface area contributed by atoms with Gasteiger partial charge in [0.05, 0.1) is 21.6 Å². The lowest BCUT2D eigenvalue weighted by Gasteiger charge is -2.15. The molecule has 162 valence electrons. The van der Waals surface area contributed by atoms with Crippen molar-refractivity contribution in [2.45, 2.75) is 46.6 Å². The highest BCUT2D eigenvalue weighted by Gasteiger charge is 2.21. The third kappa shape index (κ3) is 4.23. The van der Waals surface area contributed by atoms with Crippen LogP contribution in [0.15, 0.2) is 33.9 Å². The highest BCUT2D eigenvalue weighted by atomic mass is 16.6. The first kappa shape index (κ1) is 21.9. The molecular formula is C21H23N5O5. The Morgan fingerprint density at radius 1 is 1.29 bits per heavy atom. The molecule has 0 fully saturated rings. The summed E-state index contributed by atoms with van der Waals surface area (Å²) in [6.07, 6.45) is 0.628. The Labute approximate surface area is 177 Å². The van der Waals surface area contributed by atoms with Gasteiger partial charge in [-0.3, -0.25) is 29.3 Å². The van der Waals surface area contributed by atoms with Crippen molar-refractivity contribution in [2.24, 2.45) is 0 Å². The molecule has 0 atom stereocenters. The van der Waals surface area contributed by atoms with E-state index in [1.807, 2.05) is 20.8 Å². The van der Waals surface area contributed by atoms with E-state index >= 15 is 0 Å². The minimum Gasteiger partial charge on any atom is -0.321 e. The zero-order valence-corrected chi connectivity index (χ0v) is 17.7. The van der Waals surface area contributed by atoms with Crippen LogP contribution in [0.25, 0.3) is 11.0 Å². The average Bonchev–Trinajstić information content (AvgIpc) is 2.71. The van der Waals surface area contributed by atoms with Gasteiger partial charge in [0.25, 0.3) is 17.2 Å². The molecule has 0 aliphatic rings. The third-order valence-electron chi connectivity index (χ3n) is 4.93. The number of nitro benzene ring substituents is 1. The fourth-order valence-corrected chi connectivity index (χ4v) is 3.25. The van der Waals surface area contributed by atoms with Crippen LogP contribution in [0, 0.1) is 17.0 Å². The van der Waals surface area contributed by atoms with E-state index in [0.717, 1.165) is 0 Å². The van der Waals surface area contributed by atoms with Crippen LogP contribution in [-0.2, 0) is 6.54 Å². The first-order chi connectivity index (χ1) is 14.6. The van der Waals surface area contributed by atoms with Crippen LogP contribution in [0.3, 0.4) is 0 Å². The first-order valence-corrected chi connectivity index (χ1v) is 9.88. The van der Waals surface area contributed by atoms with E-state index in [-0.39, 0.29) is 33.9 Å². The van der Waals surface area contributed by atoms with Crippen molar-refractivity contribution in [3.63, 3.8) is 0 Å². The number of hydrogen-bond acceptors (Lipinski definition) is 6. The molecule has 0 aliphatic carbocycles. The van der Waals surface area contributed by atoms with Gasteiger partial charge in [0.15, 0.2) is 5.65 Å². The maximum Gasteiger partial charge on any atom is 0.329 e. The zero-order valence-electron chi connectivity index (χ0n) is 17.7. The molecule has 1 amide bonds. The number of rotatable bonds is 6. The molecule has 0 bridgehead atoms. The molecule has 1 aromatic carbocycles. The van der Waals surface area contributed by atoms with Gasteiger partial charge in [-0.05, 0) is 30.9 Å². The summed E-state index contributed by atoms with van der Waals surface area (Å²) in [5.74, 6) is -0.690. The second-order valence-corrected chi connectivity index (χ2v) is 7.57. The highest BCUT2D eigenvalue weighted by Crippen LogP contribution is 2.25. The summed E-state index contributed by atoms with van der Waals surface area (Å²) >= 11 is 0.